The SMILES string of the molecule is O=C(O)C1CC1NC1CCCCC1. The van der Waals surface area contributed by atoms with Crippen molar-refractivity contribution < 1.29 is 9.90 Å². The van der Waals surface area contributed by atoms with Gasteiger partial charge in [-0.2, -0.15) is 0 Å². The molecule has 0 bridgehead atoms. The number of hydrogen-bond donors (Lipinski definition) is 2. The van der Waals surface area contributed by atoms with Gasteiger partial charge in [-0.3, -0.25) is 4.79 Å². The lowest BCUT2D eigenvalue weighted by atomic mass is 9.95. The van der Waals surface area contributed by atoms with Gasteiger partial charge >= 0.3 is 5.97 Å². The average Bonchev–Trinajstić information content (AvgIpc) is 2.86. The van der Waals surface area contributed by atoms with E-state index < -0.39 is 5.97 Å². The van der Waals surface area contributed by atoms with Crippen LogP contribution in [0.5, 0.6) is 0 Å². The molecule has 2 aliphatic carbocycles. The molecule has 2 fully saturated rings. The fourth-order valence-corrected chi connectivity index (χ4v) is 2.22. The molecule has 0 saturated heterocycles. The first kappa shape index (κ1) is 9.00. The molecular formula is C10H17NO2. The Labute approximate surface area is 78.5 Å². The fraction of sp³-hybridized carbons (Fsp3) is 0.900. The van der Waals surface area contributed by atoms with Crippen LogP contribution in [0.25, 0.3) is 0 Å². The predicted molar refractivity (Wildman–Crippen MR) is 49.5 cm³/mol. The number of carbonyl (C=O) groups is 1. The first-order valence-corrected chi connectivity index (χ1v) is 5.26. The number of nitrogens with one attached hydrogen (secondary N) is 1. The molecule has 0 aliphatic heterocycles. The second-order valence-electron chi connectivity index (χ2n) is 4.29. The van der Waals surface area contributed by atoms with Gasteiger partial charge in [-0.05, 0) is 19.3 Å². The van der Waals surface area contributed by atoms with Crippen molar-refractivity contribution in [2.24, 2.45) is 5.92 Å². The summed E-state index contributed by atoms with van der Waals surface area (Å²) in [5.74, 6) is -0.727. The predicted octanol–water partition coefficient (Wildman–Crippen LogP) is 1.38. The zero-order valence-corrected chi connectivity index (χ0v) is 7.83. The summed E-state index contributed by atoms with van der Waals surface area (Å²) >= 11 is 0. The third-order valence-electron chi connectivity index (χ3n) is 3.16. The van der Waals surface area contributed by atoms with E-state index in [-0.39, 0.29) is 12.0 Å². The zero-order chi connectivity index (χ0) is 9.26. The Morgan fingerprint density at radius 2 is 1.92 bits per heavy atom. The molecule has 2 unspecified atom stereocenters. The van der Waals surface area contributed by atoms with Gasteiger partial charge in [-0.15, -0.1) is 0 Å². The monoisotopic (exact) mass is 183 g/mol. The van der Waals surface area contributed by atoms with Crippen molar-refractivity contribution in [2.45, 2.75) is 50.6 Å². The number of hydrogen-bond acceptors (Lipinski definition) is 2. The highest BCUT2D eigenvalue weighted by Gasteiger charge is 2.43. The number of aliphatic carboxylic acids is 1. The second-order valence-corrected chi connectivity index (χ2v) is 4.29. The Morgan fingerprint density at radius 3 is 2.46 bits per heavy atom. The van der Waals surface area contributed by atoms with Gasteiger partial charge in [0.2, 0.25) is 0 Å². The van der Waals surface area contributed by atoms with Gasteiger partial charge in [0, 0.05) is 12.1 Å². The topological polar surface area (TPSA) is 49.3 Å². The van der Waals surface area contributed by atoms with Crippen LogP contribution < -0.4 is 5.32 Å². The summed E-state index contributed by atoms with van der Waals surface area (Å²) in [6, 6.07) is 0.878. The van der Waals surface area contributed by atoms with Crippen LogP contribution in [0.1, 0.15) is 38.5 Å². The van der Waals surface area contributed by atoms with Gasteiger partial charge in [0.25, 0.3) is 0 Å². The van der Waals surface area contributed by atoms with Crippen LogP contribution >= 0.6 is 0 Å². The summed E-state index contributed by atoms with van der Waals surface area (Å²) in [4.78, 5) is 10.6. The maximum atomic E-state index is 10.6. The first-order valence-electron chi connectivity index (χ1n) is 5.26. The molecule has 0 spiro atoms. The molecule has 0 heterocycles. The number of rotatable bonds is 3. The van der Waals surface area contributed by atoms with Crippen molar-refractivity contribution in [1.82, 2.24) is 5.32 Å². The van der Waals surface area contributed by atoms with Gasteiger partial charge in [-0.25, -0.2) is 0 Å². The number of carboxylic acids is 1. The minimum absolute atomic E-state index is 0.0954. The zero-order valence-electron chi connectivity index (χ0n) is 7.83. The molecule has 0 aromatic carbocycles. The van der Waals surface area contributed by atoms with Crippen molar-refractivity contribution in [3.05, 3.63) is 0 Å². The summed E-state index contributed by atoms with van der Waals surface area (Å²) in [6.07, 6.45) is 7.28. The summed E-state index contributed by atoms with van der Waals surface area (Å²) in [5, 5.41) is 12.2. The maximum Gasteiger partial charge on any atom is 0.308 e. The summed E-state index contributed by atoms with van der Waals surface area (Å²) in [6.45, 7) is 0. The largest absolute Gasteiger partial charge is 0.481 e. The Balaban J connectivity index is 1.70. The van der Waals surface area contributed by atoms with Gasteiger partial charge in [0.1, 0.15) is 0 Å². The van der Waals surface area contributed by atoms with E-state index in [0.717, 1.165) is 6.42 Å². The minimum Gasteiger partial charge on any atom is -0.481 e. The fourth-order valence-electron chi connectivity index (χ4n) is 2.22. The van der Waals surface area contributed by atoms with Gasteiger partial charge in [0.05, 0.1) is 5.92 Å². The molecule has 2 rings (SSSR count). The number of carboxylic acid groups (broad SMARTS) is 1. The molecular weight excluding hydrogens is 166 g/mol. The summed E-state index contributed by atoms with van der Waals surface area (Å²) in [7, 11) is 0. The highest BCUT2D eigenvalue weighted by atomic mass is 16.4. The third kappa shape index (κ3) is 2.21. The standard InChI is InChI=1S/C10H17NO2/c12-10(13)8-6-9(8)11-7-4-2-1-3-5-7/h7-9,11H,1-6H2,(H,12,13). The molecule has 2 saturated carbocycles. The molecule has 2 N–H and O–H groups in total. The second kappa shape index (κ2) is 3.66. The van der Waals surface area contributed by atoms with E-state index in [1.54, 1.807) is 0 Å². The highest BCUT2D eigenvalue weighted by molar-refractivity contribution is 5.74. The Morgan fingerprint density at radius 1 is 1.23 bits per heavy atom. The van der Waals surface area contributed by atoms with E-state index in [1.165, 1.54) is 32.1 Å². The molecule has 2 atom stereocenters. The quantitative estimate of drug-likeness (QED) is 0.695. The van der Waals surface area contributed by atoms with Crippen molar-refractivity contribution in [3.63, 3.8) is 0 Å². The highest BCUT2D eigenvalue weighted by Crippen LogP contribution is 2.32. The molecule has 74 valence electrons. The molecule has 0 amide bonds. The van der Waals surface area contributed by atoms with Crippen LogP contribution in [0.2, 0.25) is 0 Å². The van der Waals surface area contributed by atoms with Crippen molar-refractivity contribution in [1.29, 1.82) is 0 Å². The lowest BCUT2D eigenvalue weighted by Crippen LogP contribution is -2.34. The van der Waals surface area contributed by atoms with Crippen molar-refractivity contribution in [3.8, 4) is 0 Å². The van der Waals surface area contributed by atoms with Gasteiger partial charge in [-0.1, -0.05) is 19.3 Å². The smallest absolute Gasteiger partial charge is 0.308 e. The Kier molecular flexibility index (Phi) is 2.54. The van der Waals surface area contributed by atoms with Crippen molar-refractivity contribution >= 4 is 5.97 Å². The van der Waals surface area contributed by atoms with Gasteiger partial charge in [0.15, 0.2) is 0 Å². The van der Waals surface area contributed by atoms with Crippen LogP contribution in [0.4, 0.5) is 0 Å². The molecule has 2 aliphatic rings. The van der Waals surface area contributed by atoms with E-state index in [1.807, 2.05) is 0 Å². The average molecular weight is 183 g/mol. The van der Waals surface area contributed by atoms with E-state index in [4.69, 9.17) is 5.11 Å². The van der Waals surface area contributed by atoms with E-state index in [9.17, 15) is 4.79 Å². The molecule has 3 heteroatoms. The molecule has 0 aromatic heterocycles. The van der Waals surface area contributed by atoms with E-state index >= 15 is 0 Å². The van der Waals surface area contributed by atoms with E-state index in [0.29, 0.717) is 6.04 Å². The Bertz CT molecular complexity index is 199. The summed E-state index contributed by atoms with van der Waals surface area (Å²) < 4.78 is 0. The molecule has 3 nitrogen and oxygen atoms in total. The van der Waals surface area contributed by atoms with Crippen LogP contribution in [0.15, 0.2) is 0 Å². The molecule has 0 aromatic rings. The van der Waals surface area contributed by atoms with E-state index in [2.05, 4.69) is 5.32 Å². The van der Waals surface area contributed by atoms with Gasteiger partial charge < -0.3 is 10.4 Å². The van der Waals surface area contributed by atoms with Crippen molar-refractivity contribution in [2.75, 3.05) is 0 Å². The first-order chi connectivity index (χ1) is 6.27. The lowest BCUT2D eigenvalue weighted by Gasteiger charge is -2.22. The third-order valence-corrected chi connectivity index (χ3v) is 3.16. The van der Waals surface area contributed by atoms with Crippen LogP contribution in [-0.4, -0.2) is 23.2 Å². The lowest BCUT2D eigenvalue weighted by molar-refractivity contribution is -0.138. The minimum atomic E-state index is -0.631. The van der Waals surface area contributed by atoms with Crippen LogP contribution in [-0.2, 0) is 4.79 Å². The normalized spacial score (nSPS) is 34.5. The summed E-state index contributed by atoms with van der Waals surface area (Å²) in [5.41, 5.74) is 0. The Hall–Kier alpha value is -0.570. The van der Waals surface area contributed by atoms with Crippen LogP contribution in [0.3, 0.4) is 0 Å². The molecule has 0 radical (unpaired) electrons. The maximum absolute atomic E-state index is 10.6. The molecule has 13 heavy (non-hydrogen) atoms. The van der Waals surface area contributed by atoms with Crippen LogP contribution in [0, 0.1) is 5.92 Å².